The van der Waals surface area contributed by atoms with Crippen molar-refractivity contribution in [1.29, 1.82) is 0 Å². The molecule has 0 heterocycles. The molecule has 0 spiro atoms. The summed E-state index contributed by atoms with van der Waals surface area (Å²) in [4.78, 5) is 12.5. The van der Waals surface area contributed by atoms with Crippen LogP contribution in [0.3, 0.4) is 0 Å². The van der Waals surface area contributed by atoms with Gasteiger partial charge in [0.25, 0.3) is 0 Å². The normalized spacial score (nSPS) is 18.3. The van der Waals surface area contributed by atoms with Crippen molar-refractivity contribution in [2.75, 3.05) is 0 Å². The van der Waals surface area contributed by atoms with Crippen LogP contribution in [0.25, 0.3) is 10.8 Å². The minimum atomic E-state index is -1.19. The van der Waals surface area contributed by atoms with Crippen molar-refractivity contribution in [3.8, 4) is 5.75 Å². The molecule has 0 saturated heterocycles. The maximum atomic E-state index is 14.8. The number of hydrogen-bond acceptors (Lipinski definition) is 2. The largest absolute Gasteiger partial charge is 0.423 e. The number of carbonyl (C=O) groups is 1. The number of esters is 1. The highest BCUT2D eigenvalue weighted by molar-refractivity contribution is 5.93. The summed E-state index contributed by atoms with van der Waals surface area (Å²) in [6, 6.07) is 8.52. The Bertz CT molecular complexity index is 1170. The molecular weight excluding hydrogens is 432 g/mol. The zero-order valence-electron chi connectivity index (χ0n) is 18.1. The average molecular weight is 456 g/mol. The van der Waals surface area contributed by atoms with Gasteiger partial charge in [-0.15, -0.1) is 6.58 Å². The molecule has 2 nitrogen and oxygen atoms in total. The number of hydrogen-bond donors (Lipinski definition) is 0. The third kappa shape index (κ3) is 4.95. The minimum absolute atomic E-state index is 0.00993. The quantitative estimate of drug-likeness (QED) is 0.163. The van der Waals surface area contributed by atoms with E-state index in [1.165, 1.54) is 36.4 Å². The second-order valence-corrected chi connectivity index (χ2v) is 8.58. The van der Waals surface area contributed by atoms with Gasteiger partial charge in [-0.1, -0.05) is 12.1 Å². The molecule has 0 N–H and O–H groups in total. The Morgan fingerprint density at radius 1 is 0.939 bits per heavy atom. The lowest BCUT2D eigenvalue weighted by Crippen LogP contribution is -2.16. The van der Waals surface area contributed by atoms with E-state index in [0.717, 1.165) is 44.6 Å². The van der Waals surface area contributed by atoms with E-state index in [9.17, 15) is 22.4 Å². The summed E-state index contributed by atoms with van der Waals surface area (Å²) in [6.45, 7) is 3.75. The molecule has 3 aromatic carbocycles. The first-order valence-corrected chi connectivity index (χ1v) is 11.1. The maximum Gasteiger partial charge on any atom is 0.349 e. The summed E-state index contributed by atoms with van der Waals surface area (Å²) in [5, 5.41) is 0.301. The lowest BCUT2D eigenvalue weighted by Gasteiger charge is -2.28. The zero-order valence-corrected chi connectivity index (χ0v) is 18.1. The summed E-state index contributed by atoms with van der Waals surface area (Å²) in [5.74, 6) is -4.53. The Morgan fingerprint density at radius 3 is 2.30 bits per heavy atom. The number of halogens is 4. The molecule has 0 radical (unpaired) electrons. The third-order valence-corrected chi connectivity index (χ3v) is 6.45. The van der Waals surface area contributed by atoms with E-state index >= 15 is 0 Å². The van der Waals surface area contributed by atoms with Gasteiger partial charge in [0.2, 0.25) is 0 Å². The van der Waals surface area contributed by atoms with Crippen LogP contribution in [0.4, 0.5) is 17.6 Å². The monoisotopic (exact) mass is 456 g/mol. The molecule has 0 unspecified atom stereocenters. The fourth-order valence-electron chi connectivity index (χ4n) is 4.63. The van der Waals surface area contributed by atoms with Gasteiger partial charge < -0.3 is 4.74 Å². The molecule has 0 amide bonds. The first-order chi connectivity index (χ1) is 15.9. The van der Waals surface area contributed by atoms with Crippen molar-refractivity contribution < 1.29 is 27.1 Å². The van der Waals surface area contributed by atoms with Gasteiger partial charge in [-0.2, -0.15) is 0 Å². The molecule has 1 aliphatic rings. The van der Waals surface area contributed by atoms with E-state index in [4.69, 9.17) is 4.74 Å². The SMILES string of the molecule is C=CCCC1CCC(c2cc(F)c(C(=O)Oc3ccc4c(F)c(F)ccc4c3)c(F)c2)CC1. The van der Waals surface area contributed by atoms with Crippen LogP contribution in [-0.4, -0.2) is 5.97 Å². The molecule has 0 bridgehead atoms. The first kappa shape index (κ1) is 23.0. The summed E-state index contributed by atoms with van der Waals surface area (Å²) in [5.41, 5.74) is -0.226. The van der Waals surface area contributed by atoms with Gasteiger partial charge in [-0.05, 0) is 97.7 Å². The standard InChI is InChI=1S/C27H24F4O2/c1-2-3-4-16-5-7-17(8-6-16)19-14-23(29)25(24(30)15-19)27(32)33-20-10-11-21-18(13-20)9-12-22(28)26(21)31/h2,9-17H,1,3-8H2. The number of rotatable bonds is 6. The number of benzene rings is 3. The number of fused-ring (bicyclic) bond motifs is 1. The van der Waals surface area contributed by atoms with Crippen LogP contribution in [-0.2, 0) is 0 Å². The van der Waals surface area contributed by atoms with Crippen LogP contribution in [0.1, 0.15) is 60.4 Å². The minimum Gasteiger partial charge on any atom is -0.423 e. The highest BCUT2D eigenvalue weighted by Crippen LogP contribution is 2.38. The van der Waals surface area contributed by atoms with Gasteiger partial charge in [0, 0.05) is 5.39 Å². The Kier molecular flexibility index (Phi) is 6.82. The highest BCUT2D eigenvalue weighted by atomic mass is 19.2. The van der Waals surface area contributed by atoms with Crippen molar-refractivity contribution >= 4 is 16.7 Å². The van der Waals surface area contributed by atoms with E-state index in [-0.39, 0.29) is 17.1 Å². The van der Waals surface area contributed by atoms with Crippen LogP contribution < -0.4 is 4.74 Å². The van der Waals surface area contributed by atoms with Gasteiger partial charge in [0.15, 0.2) is 11.6 Å². The summed E-state index contributed by atoms with van der Waals surface area (Å²) < 4.78 is 61.9. The lowest BCUT2D eigenvalue weighted by atomic mass is 9.77. The fourth-order valence-corrected chi connectivity index (χ4v) is 4.63. The molecule has 1 saturated carbocycles. The van der Waals surface area contributed by atoms with Gasteiger partial charge in [-0.3, -0.25) is 0 Å². The second-order valence-electron chi connectivity index (χ2n) is 8.58. The summed E-state index contributed by atoms with van der Waals surface area (Å²) in [7, 11) is 0. The lowest BCUT2D eigenvalue weighted by molar-refractivity contribution is 0.0724. The number of ether oxygens (including phenoxy) is 1. The van der Waals surface area contributed by atoms with E-state index in [0.29, 0.717) is 16.9 Å². The highest BCUT2D eigenvalue weighted by Gasteiger charge is 2.26. The van der Waals surface area contributed by atoms with Crippen molar-refractivity contribution in [3.05, 3.63) is 89.5 Å². The van der Waals surface area contributed by atoms with Crippen molar-refractivity contribution in [2.24, 2.45) is 5.92 Å². The molecule has 1 fully saturated rings. The fraction of sp³-hybridized carbons (Fsp3) is 0.296. The molecule has 3 aromatic rings. The molecule has 6 heteroatoms. The third-order valence-electron chi connectivity index (χ3n) is 6.45. The van der Waals surface area contributed by atoms with Crippen molar-refractivity contribution in [1.82, 2.24) is 0 Å². The molecule has 4 rings (SSSR count). The Labute approximate surface area is 189 Å². The van der Waals surface area contributed by atoms with E-state index < -0.39 is 34.8 Å². The van der Waals surface area contributed by atoms with Crippen LogP contribution in [0, 0.1) is 29.2 Å². The van der Waals surface area contributed by atoms with Crippen LogP contribution >= 0.6 is 0 Å². The smallest absolute Gasteiger partial charge is 0.349 e. The van der Waals surface area contributed by atoms with Crippen molar-refractivity contribution in [2.45, 2.75) is 44.4 Å². The number of carbonyl (C=O) groups excluding carboxylic acids is 1. The Balaban J connectivity index is 1.49. The predicted octanol–water partition coefficient (Wildman–Crippen LogP) is 7.86. The van der Waals surface area contributed by atoms with E-state index in [2.05, 4.69) is 6.58 Å². The van der Waals surface area contributed by atoms with E-state index in [1.54, 1.807) is 0 Å². The van der Waals surface area contributed by atoms with Crippen LogP contribution in [0.2, 0.25) is 0 Å². The van der Waals surface area contributed by atoms with Gasteiger partial charge >= 0.3 is 5.97 Å². The van der Waals surface area contributed by atoms with Crippen LogP contribution in [0.15, 0.2) is 55.1 Å². The first-order valence-electron chi connectivity index (χ1n) is 11.1. The molecule has 33 heavy (non-hydrogen) atoms. The number of allylic oxidation sites excluding steroid dienone is 1. The Morgan fingerprint density at radius 2 is 1.64 bits per heavy atom. The molecule has 0 atom stereocenters. The zero-order chi connectivity index (χ0) is 23.5. The second kappa shape index (κ2) is 9.77. The topological polar surface area (TPSA) is 26.3 Å². The Hall–Kier alpha value is -3.15. The molecule has 172 valence electrons. The molecule has 0 aliphatic heterocycles. The van der Waals surface area contributed by atoms with E-state index in [1.807, 2.05) is 6.08 Å². The molecule has 0 aromatic heterocycles. The summed E-state index contributed by atoms with van der Waals surface area (Å²) in [6.07, 6.45) is 7.65. The molecular formula is C27H24F4O2. The van der Waals surface area contributed by atoms with Gasteiger partial charge in [-0.25, -0.2) is 22.4 Å². The van der Waals surface area contributed by atoms with Crippen molar-refractivity contribution in [3.63, 3.8) is 0 Å². The van der Waals surface area contributed by atoms with Crippen LogP contribution in [0.5, 0.6) is 5.75 Å². The maximum absolute atomic E-state index is 14.8. The van der Waals surface area contributed by atoms with Gasteiger partial charge in [0.1, 0.15) is 22.9 Å². The predicted molar refractivity (Wildman–Crippen MR) is 119 cm³/mol. The summed E-state index contributed by atoms with van der Waals surface area (Å²) >= 11 is 0. The van der Waals surface area contributed by atoms with Gasteiger partial charge in [0.05, 0.1) is 0 Å². The average Bonchev–Trinajstić information content (AvgIpc) is 2.80. The molecule has 1 aliphatic carbocycles.